The van der Waals surface area contributed by atoms with Crippen LogP contribution in [0.15, 0.2) is 52.0 Å². The molecule has 8 heteroatoms. The molecule has 0 radical (unpaired) electrons. The number of nitrogens with zero attached hydrogens (tertiary/aromatic N) is 2. The molecule has 1 aromatic carbocycles. The molecule has 2 atom stereocenters. The molecule has 0 bridgehead atoms. The van der Waals surface area contributed by atoms with Gasteiger partial charge in [-0.25, -0.2) is 4.79 Å². The molecule has 0 spiro atoms. The van der Waals surface area contributed by atoms with Crippen LogP contribution < -0.4 is 10.2 Å². The molecule has 146 valence electrons. The number of para-hydroxylation sites is 1. The normalized spacial score (nSPS) is 24.7. The van der Waals surface area contributed by atoms with Gasteiger partial charge in [0.15, 0.2) is 5.54 Å². The number of anilines is 1. The first-order chi connectivity index (χ1) is 13.4. The van der Waals surface area contributed by atoms with Crippen LogP contribution in [0.2, 0.25) is 0 Å². The smallest absolute Gasteiger partial charge is 0.325 e. The van der Waals surface area contributed by atoms with Crippen molar-refractivity contribution in [3.63, 3.8) is 0 Å². The van der Waals surface area contributed by atoms with Crippen LogP contribution in [0.1, 0.15) is 26.0 Å². The largest absolute Gasteiger partial charge is 0.466 e. The average Bonchev–Trinajstić information content (AvgIpc) is 3.23. The van der Waals surface area contributed by atoms with Gasteiger partial charge in [-0.05, 0) is 37.6 Å². The van der Waals surface area contributed by atoms with Crippen LogP contribution in [0.25, 0.3) is 0 Å². The predicted molar refractivity (Wildman–Crippen MR) is 105 cm³/mol. The van der Waals surface area contributed by atoms with Gasteiger partial charge in [0.25, 0.3) is 5.91 Å². The number of carbonyl (C=O) groups excluding carboxylic acids is 3. The van der Waals surface area contributed by atoms with E-state index in [-0.39, 0.29) is 12.5 Å². The third-order valence-electron chi connectivity index (χ3n) is 5.13. The zero-order valence-electron chi connectivity index (χ0n) is 15.7. The van der Waals surface area contributed by atoms with Crippen LogP contribution in [0.3, 0.4) is 0 Å². The number of imide groups is 1. The van der Waals surface area contributed by atoms with Gasteiger partial charge < -0.3 is 14.6 Å². The molecule has 7 nitrogen and oxygen atoms in total. The Morgan fingerprint density at radius 3 is 2.82 bits per heavy atom. The molecule has 4 rings (SSSR count). The molecular weight excluding hydrogens is 378 g/mol. The first-order valence-corrected chi connectivity index (χ1v) is 10.0. The maximum Gasteiger partial charge on any atom is 0.325 e. The number of benzene rings is 1. The highest BCUT2D eigenvalue weighted by Crippen LogP contribution is 2.37. The fraction of sp³-hybridized carbons (Fsp3) is 0.350. The maximum absolute atomic E-state index is 13.1. The number of urea groups is 1. The Morgan fingerprint density at radius 2 is 2.07 bits per heavy atom. The van der Waals surface area contributed by atoms with Crippen molar-refractivity contribution in [1.82, 2.24) is 10.2 Å². The summed E-state index contributed by atoms with van der Waals surface area (Å²) in [6.45, 7) is 3.94. The van der Waals surface area contributed by atoms with E-state index in [1.54, 1.807) is 35.7 Å². The van der Waals surface area contributed by atoms with Gasteiger partial charge in [0.2, 0.25) is 5.91 Å². The van der Waals surface area contributed by atoms with E-state index in [1.807, 2.05) is 24.3 Å². The van der Waals surface area contributed by atoms with Gasteiger partial charge in [-0.15, -0.1) is 11.8 Å². The maximum atomic E-state index is 13.1. The van der Waals surface area contributed by atoms with Crippen LogP contribution in [0.4, 0.5) is 10.5 Å². The number of carbonyl (C=O) groups is 3. The van der Waals surface area contributed by atoms with Crippen LogP contribution >= 0.6 is 11.8 Å². The molecular formula is C20H21N3O4S. The third kappa shape index (κ3) is 3.07. The van der Waals surface area contributed by atoms with Gasteiger partial charge in [0.1, 0.15) is 12.3 Å². The number of furan rings is 1. The van der Waals surface area contributed by atoms with Crippen LogP contribution in [0, 0.1) is 0 Å². The quantitative estimate of drug-likeness (QED) is 0.803. The van der Waals surface area contributed by atoms with Gasteiger partial charge in [-0.1, -0.05) is 19.1 Å². The number of hydrogen-bond donors (Lipinski definition) is 1. The average molecular weight is 399 g/mol. The highest BCUT2D eigenvalue weighted by Gasteiger charge is 2.51. The van der Waals surface area contributed by atoms with Crippen molar-refractivity contribution in [3.8, 4) is 0 Å². The summed E-state index contributed by atoms with van der Waals surface area (Å²) in [4.78, 5) is 42.1. The van der Waals surface area contributed by atoms with E-state index in [9.17, 15) is 14.4 Å². The van der Waals surface area contributed by atoms with E-state index in [0.29, 0.717) is 17.6 Å². The second-order valence-corrected chi connectivity index (χ2v) is 8.63. The number of rotatable bonds is 3. The Bertz CT molecular complexity index is 929. The van der Waals surface area contributed by atoms with E-state index in [0.717, 1.165) is 21.9 Å². The topological polar surface area (TPSA) is 82.9 Å². The molecule has 1 N–H and O–H groups in total. The predicted octanol–water partition coefficient (Wildman–Crippen LogP) is 2.96. The second kappa shape index (κ2) is 7.01. The summed E-state index contributed by atoms with van der Waals surface area (Å²) < 4.78 is 5.32. The molecule has 1 fully saturated rings. The summed E-state index contributed by atoms with van der Waals surface area (Å²) in [6.07, 6.45) is 2.27. The molecule has 3 heterocycles. The van der Waals surface area contributed by atoms with Gasteiger partial charge in [0, 0.05) is 16.7 Å². The summed E-state index contributed by atoms with van der Waals surface area (Å²) >= 11 is 1.73. The first-order valence-electron chi connectivity index (χ1n) is 9.14. The second-order valence-electron chi connectivity index (χ2n) is 7.15. The monoisotopic (exact) mass is 399 g/mol. The van der Waals surface area contributed by atoms with Gasteiger partial charge in [-0.3, -0.25) is 14.5 Å². The van der Waals surface area contributed by atoms with E-state index < -0.39 is 17.5 Å². The molecule has 1 aromatic heterocycles. The van der Waals surface area contributed by atoms with E-state index >= 15 is 0 Å². The highest BCUT2D eigenvalue weighted by atomic mass is 32.2. The molecule has 4 amide bonds. The molecule has 2 aromatic rings. The van der Waals surface area contributed by atoms with Crippen molar-refractivity contribution in [3.05, 3.63) is 48.4 Å². The zero-order chi connectivity index (χ0) is 19.9. The minimum atomic E-state index is -1.30. The van der Waals surface area contributed by atoms with Crippen LogP contribution in [0.5, 0.6) is 0 Å². The Hall–Kier alpha value is -2.74. The van der Waals surface area contributed by atoms with Crippen molar-refractivity contribution in [2.75, 3.05) is 18.0 Å². The van der Waals surface area contributed by atoms with E-state index in [4.69, 9.17) is 4.42 Å². The summed E-state index contributed by atoms with van der Waals surface area (Å²) in [7, 11) is 0. The van der Waals surface area contributed by atoms with Crippen molar-refractivity contribution < 1.29 is 18.8 Å². The van der Waals surface area contributed by atoms with E-state index in [1.165, 1.54) is 6.26 Å². The molecule has 0 saturated carbocycles. The van der Waals surface area contributed by atoms with Crippen molar-refractivity contribution >= 4 is 35.3 Å². The Kier molecular flexibility index (Phi) is 4.66. The minimum absolute atomic E-state index is 0.283. The molecule has 2 aliphatic rings. The third-order valence-corrected chi connectivity index (χ3v) is 6.36. The standard InChI is InChI=1S/C20H21N3O4S/c1-13-9-10-22(14-6-3-4-7-15(14)28-13)17(24)12-23-18(25)20(2,21-19(23)26)16-8-5-11-27-16/h3-8,11,13H,9-10,12H2,1-2H3,(H,21,26)/t13-,20+/m1/s1. The SMILES string of the molecule is C[C@@H]1CCN(C(=O)CN2C(=O)N[C@@](C)(c3ccco3)C2=O)c2ccccc2S1. The Labute approximate surface area is 167 Å². The van der Waals surface area contributed by atoms with Crippen molar-refractivity contribution in [2.45, 2.75) is 36.0 Å². The first kappa shape index (κ1) is 18.6. The Morgan fingerprint density at radius 1 is 1.29 bits per heavy atom. The molecule has 0 unspecified atom stereocenters. The fourth-order valence-corrected chi connectivity index (χ4v) is 4.65. The lowest BCUT2D eigenvalue weighted by atomic mass is 9.99. The van der Waals surface area contributed by atoms with Gasteiger partial charge in [0.05, 0.1) is 12.0 Å². The molecule has 28 heavy (non-hydrogen) atoms. The summed E-state index contributed by atoms with van der Waals surface area (Å²) in [5.74, 6) is -0.438. The lowest BCUT2D eigenvalue weighted by Crippen LogP contribution is -2.45. The molecule has 2 aliphatic heterocycles. The highest BCUT2D eigenvalue weighted by molar-refractivity contribution is 8.00. The number of nitrogens with one attached hydrogen (secondary N) is 1. The van der Waals surface area contributed by atoms with E-state index in [2.05, 4.69) is 12.2 Å². The Balaban J connectivity index is 1.57. The van der Waals surface area contributed by atoms with Crippen LogP contribution in [-0.4, -0.2) is 41.1 Å². The number of amides is 4. The zero-order valence-corrected chi connectivity index (χ0v) is 16.5. The molecule has 0 aliphatic carbocycles. The van der Waals surface area contributed by atoms with Crippen LogP contribution in [-0.2, 0) is 15.1 Å². The number of hydrogen-bond acceptors (Lipinski definition) is 5. The molecule has 1 saturated heterocycles. The summed E-state index contributed by atoms with van der Waals surface area (Å²) in [5.41, 5.74) is -0.482. The lowest BCUT2D eigenvalue weighted by molar-refractivity contribution is -0.134. The van der Waals surface area contributed by atoms with Gasteiger partial charge in [-0.2, -0.15) is 0 Å². The number of thioether (sulfide) groups is 1. The van der Waals surface area contributed by atoms with Gasteiger partial charge >= 0.3 is 6.03 Å². The summed E-state index contributed by atoms with van der Waals surface area (Å²) in [5, 5.41) is 3.02. The lowest BCUT2D eigenvalue weighted by Gasteiger charge is -2.25. The van der Waals surface area contributed by atoms with Crippen molar-refractivity contribution in [2.24, 2.45) is 0 Å². The summed E-state index contributed by atoms with van der Waals surface area (Å²) in [6, 6.07) is 10.4. The van der Waals surface area contributed by atoms with Crippen molar-refractivity contribution in [1.29, 1.82) is 0 Å². The fourth-order valence-electron chi connectivity index (χ4n) is 3.54. The number of fused-ring (bicyclic) bond motifs is 1. The minimum Gasteiger partial charge on any atom is -0.466 e.